The van der Waals surface area contributed by atoms with Gasteiger partial charge in [-0.25, -0.2) is 4.39 Å². The molecule has 158 valence electrons. The maximum atomic E-state index is 13.5. The van der Waals surface area contributed by atoms with E-state index in [-0.39, 0.29) is 28.7 Å². The van der Waals surface area contributed by atoms with Crippen LogP contribution in [0.4, 0.5) is 4.39 Å². The van der Waals surface area contributed by atoms with Crippen LogP contribution in [0.15, 0.2) is 30.3 Å². The molecule has 1 aromatic heterocycles. The molecule has 8 heteroatoms. The highest BCUT2D eigenvalue weighted by Gasteiger charge is 2.61. The molecule has 0 radical (unpaired) electrons. The lowest BCUT2D eigenvalue weighted by Crippen LogP contribution is -2.61. The highest BCUT2D eigenvalue weighted by molar-refractivity contribution is 6.30. The quantitative estimate of drug-likeness (QED) is 0.656. The second-order valence-electron chi connectivity index (χ2n) is 8.22. The molecule has 2 amide bonds. The molecule has 0 spiro atoms. The number of carbonyl (C=O) groups excluding carboxylic acids is 2. The van der Waals surface area contributed by atoms with Gasteiger partial charge in [-0.3, -0.25) is 14.6 Å². The zero-order valence-electron chi connectivity index (χ0n) is 16.8. The Labute approximate surface area is 179 Å². The van der Waals surface area contributed by atoms with Gasteiger partial charge in [-0.2, -0.15) is 0 Å². The summed E-state index contributed by atoms with van der Waals surface area (Å²) in [4.78, 5) is 29.8. The molecule has 1 heterocycles. The van der Waals surface area contributed by atoms with E-state index in [4.69, 9.17) is 16.3 Å². The third kappa shape index (κ3) is 3.99. The molecule has 2 bridgehead atoms. The summed E-state index contributed by atoms with van der Waals surface area (Å²) in [6.45, 7) is 3.38. The lowest BCUT2D eigenvalue weighted by molar-refractivity contribution is -0.166. The fourth-order valence-corrected chi connectivity index (χ4v) is 4.27. The first-order valence-corrected chi connectivity index (χ1v) is 10.3. The van der Waals surface area contributed by atoms with Gasteiger partial charge in [0.25, 0.3) is 5.91 Å². The van der Waals surface area contributed by atoms with E-state index in [9.17, 15) is 14.0 Å². The van der Waals surface area contributed by atoms with Crippen molar-refractivity contribution in [1.82, 2.24) is 15.6 Å². The monoisotopic (exact) mass is 431 g/mol. The number of nitrogens with one attached hydrogen (secondary N) is 2. The second-order valence-corrected chi connectivity index (χ2v) is 8.63. The topological polar surface area (TPSA) is 80.3 Å². The van der Waals surface area contributed by atoms with Crippen LogP contribution in [0.5, 0.6) is 5.75 Å². The molecule has 6 nitrogen and oxygen atoms in total. The Morgan fingerprint density at radius 2 is 1.97 bits per heavy atom. The van der Waals surface area contributed by atoms with Crippen LogP contribution in [0.3, 0.4) is 0 Å². The average Bonchev–Trinajstić information content (AvgIpc) is 2.59. The maximum absolute atomic E-state index is 13.5. The third-order valence-electron chi connectivity index (χ3n) is 5.94. The van der Waals surface area contributed by atoms with Crippen LogP contribution < -0.4 is 15.4 Å². The van der Waals surface area contributed by atoms with Gasteiger partial charge in [0, 0.05) is 23.0 Å². The van der Waals surface area contributed by atoms with Gasteiger partial charge < -0.3 is 15.4 Å². The number of amides is 2. The number of benzene rings is 1. The number of aromatic nitrogens is 1. The van der Waals surface area contributed by atoms with Crippen LogP contribution in [0, 0.1) is 31.0 Å². The molecule has 1 unspecified atom stereocenters. The normalized spacial score (nSPS) is 22.3. The molecule has 3 fully saturated rings. The Kier molecular flexibility index (Phi) is 5.40. The molecule has 1 atom stereocenters. The fraction of sp³-hybridized carbons (Fsp3) is 0.409. The van der Waals surface area contributed by atoms with Crippen LogP contribution in [-0.4, -0.2) is 23.4 Å². The molecular weight excluding hydrogens is 409 g/mol. The van der Waals surface area contributed by atoms with Gasteiger partial charge in [0.15, 0.2) is 6.61 Å². The van der Waals surface area contributed by atoms with E-state index >= 15 is 0 Å². The molecular formula is C22H23ClFN3O3. The summed E-state index contributed by atoms with van der Waals surface area (Å²) in [5.74, 6) is -0.266. The van der Waals surface area contributed by atoms with Crippen molar-refractivity contribution in [2.45, 2.75) is 39.3 Å². The SMILES string of the molecule is Cc1ccc(C(NC(=O)COc2ccc(Cl)c(F)c2)NC(=O)C23CC(C2)C3)c(C)n1. The number of nitrogens with zero attached hydrogens (tertiary/aromatic N) is 1. The first kappa shape index (κ1) is 20.6. The number of hydrogen-bond donors (Lipinski definition) is 2. The number of hydrogen-bond acceptors (Lipinski definition) is 4. The van der Waals surface area contributed by atoms with Gasteiger partial charge >= 0.3 is 0 Å². The van der Waals surface area contributed by atoms with E-state index in [1.807, 2.05) is 26.0 Å². The van der Waals surface area contributed by atoms with Crippen LogP contribution in [0.25, 0.3) is 0 Å². The smallest absolute Gasteiger partial charge is 0.259 e. The Balaban J connectivity index is 1.45. The molecule has 2 aromatic rings. The van der Waals surface area contributed by atoms with Crippen LogP contribution >= 0.6 is 11.6 Å². The summed E-state index contributed by atoms with van der Waals surface area (Å²) in [5, 5.41) is 5.76. The molecule has 3 aliphatic carbocycles. The number of pyridine rings is 1. The van der Waals surface area contributed by atoms with Crippen molar-refractivity contribution in [1.29, 1.82) is 0 Å². The number of ether oxygens (including phenoxy) is 1. The fourth-order valence-electron chi connectivity index (χ4n) is 4.15. The van der Waals surface area contributed by atoms with E-state index in [0.29, 0.717) is 11.5 Å². The summed E-state index contributed by atoms with van der Waals surface area (Å²) >= 11 is 5.66. The van der Waals surface area contributed by atoms with Crippen molar-refractivity contribution in [2.75, 3.05) is 6.61 Å². The minimum Gasteiger partial charge on any atom is -0.484 e. The zero-order chi connectivity index (χ0) is 21.5. The average molecular weight is 432 g/mol. The number of carbonyl (C=O) groups is 2. The summed E-state index contributed by atoms with van der Waals surface area (Å²) < 4.78 is 18.9. The highest BCUT2D eigenvalue weighted by Crippen LogP contribution is 2.64. The van der Waals surface area contributed by atoms with Crippen molar-refractivity contribution >= 4 is 23.4 Å². The molecule has 0 aliphatic heterocycles. The van der Waals surface area contributed by atoms with E-state index in [1.54, 1.807) is 0 Å². The molecule has 2 N–H and O–H groups in total. The van der Waals surface area contributed by atoms with Gasteiger partial charge in [0.1, 0.15) is 17.7 Å². The first-order valence-electron chi connectivity index (χ1n) is 9.88. The van der Waals surface area contributed by atoms with E-state index < -0.39 is 17.9 Å². The molecule has 0 saturated heterocycles. The minimum absolute atomic E-state index is 0.0227. The Morgan fingerprint density at radius 1 is 1.23 bits per heavy atom. The van der Waals surface area contributed by atoms with Gasteiger partial charge in [0.05, 0.1) is 10.4 Å². The lowest BCUT2D eigenvalue weighted by atomic mass is 9.44. The van der Waals surface area contributed by atoms with Crippen molar-refractivity contribution in [3.63, 3.8) is 0 Å². The number of aryl methyl sites for hydroxylation is 2. The standard InChI is InChI=1S/C22H23ClFN3O3/c1-12-3-5-16(13(2)25-12)20(27-21(29)22-8-14(9-22)10-22)26-19(28)11-30-15-4-6-17(23)18(24)7-15/h3-7,14,20H,8-11H2,1-2H3,(H,26,28)(H,27,29). The van der Waals surface area contributed by atoms with Crippen molar-refractivity contribution in [2.24, 2.45) is 11.3 Å². The third-order valence-corrected chi connectivity index (χ3v) is 6.25. The van der Waals surface area contributed by atoms with Gasteiger partial charge in [-0.1, -0.05) is 17.7 Å². The van der Waals surface area contributed by atoms with E-state index in [0.717, 1.165) is 36.7 Å². The maximum Gasteiger partial charge on any atom is 0.259 e. The number of halogens is 2. The molecule has 1 aromatic carbocycles. The number of rotatable bonds is 7. The first-order chi connectivity index (χ1) is 14.3. The van der Waals surface area contributed by atoms with Crippen molar-refractivity contribution in [3.05, 3.63) is 58.1 Å². The second kappa shape index (κ2) is 7.87. The molecule has 5 rings (SSSR count). The van der Waals surface area contributed by atoms with E-state index in [2.05, 4.69) is 15.6 Å². The summed E-state index contributed by atoms with van der Waals surface area (Å²) in [7, 11) is 0. The summed E-state index contributed by atoms with van der Waals surface area (Å²) in [6, 6.07) is 7.64. The highest BCUT2D eigenvalue weighted by atomic mass is 35.5. The van der Waals surface area contributed by atoms with Crippen LogP contribution in [-0.2, 0) is 9.59 Å². The zero-order valence-corrected chi connectivity index (χ0v) is 17.6. The Morgan fingerprint density at radius 3 is 2.57 bits per heavy atom. The lowest BCUT2D eigenvalue weighted by Gasteiger charge is -2.60. The molecule has 3 saturated carbocycles. The van der Waals surface area contributed by atoms with Crippen LogP contribution in [0.2, 0.25) is 5.02 Å². The van der Waals surface area contributed by atoms with E-state index in [1.165, 1.54) is 12.1 Å². The minimum atomic E-state index is -0.724. The Hall–Kier alpha value is -2.67. The predicted molar refractivity (Wildman–Crippen MR) is 109 cm³/mol. The largest absolute Gasteiger partial charge is 0.484 e. The van der Waals surface area contributed by atoms with Gasteiger partial charge in [-0.15, -0.1) is 0 Å². The van der Waals surface area contributed by atoms with Crippen molar-refractivity contribution < 1.29 is 18.7 Å². The summed E-state index contributed by atoms with van der Waals surface area (Å²) in [5.41, 5.74) is 2.00. The Bertz CT molecular complexity index is 996. The summed E-state index contributed by atoms with van der Waals surface area (Å²) in [6.07, 6.45) is 2.01. The van der Waals surface area contributed by atoms with Crippen LogP contribution in [0.1, 0.15) is 42.4 Å². The predicted octanol–water partition coefficient (Wildman–Crippen LogP) is 3.60. The molecule has 30 heavy (non-hydrogen) atoms. The van der Waals surface area contributed by atoms with Crippen molar-refractivity contribution in [3.8, 4) is 5.75 Å². The van der Waals surface area contributed by atoms with Gasteiger partial charge in [-0.05, 0) is 57.2 Å². The van der Waals surface area contributed by atoms with Gasteiger partial charge in [0.2, 0.25) is 5.91 Å². The molecule has 3 aliphatic rings.